The first kappa shape index (κ1) is 26.5. The molecule has 0 heterocycles. The van der Waals surface area contributed by atoms with Crippen LogP contribution in [0.15, 0.2) is 48.5 Å². The van der Waals surface area contributed by atoms with Crippen molar-refractivity contribution in [3.8, 4) is 5.75 Å². The molecule has 10 heteroatoms. The van der Waals surface area contributed by atoms with E-state index in [4.69, 9.17) is 16.3 Å². The first-order valence-electron chi connectivity index (χ1n) is 10.4. The average Bonchev–Trinajstić information content (AvgIpc) is 2.74. The van der Waals surface area contributed by atoms with E-state index in [1.165, 1.54) is 18.1 Å². The molecule has 0 spiro atoms. The topological polar surface area (TPSA) is 96.0 Å². The molecule has 0 saturated carbocycles. The van der Waals surface area contributed by atoms with E-state index in [2.05, 4.69) is 5.32 Å². The number of ether oxygens (including phenoxy) is 1. The van der Waals surface area contributed by atoms with Crippen LogP contribution in [0.5, 0.6) is 5.75 Å². The van der Waals surface area contributed by atoms with Gasteiger partial charge in [-0.05, 0) is 50.6 Å². The average molecular weight is 496 g/mol. The lowest BCUT2D eigenvalue weighted by atomic mass is 10.1. The molecule has 0 bridgehead atoms. The highest BCUT2D eigenvalue weighted by molar-refractivity contribution is 7.92. The first-order chi connectivity index (χ1) is 15.4. The molecule has 0 aliphatic heterocycles. The summed E-state index contributed by atoms with van der Waals surface area (Å²) in [6.45, 7) is 4.83. The molecule has 0 aliphatic rings. The number of halogens is 1. The number of carbonyl (C=O) groups excluding carboxylic acids is 2. The second kappa shape index (κ2) is 11.4. The molecule has 0 radical (unpaired) electrons. The molecule has 0 aliphatic carbocycles. The number of rotatable bonds is 10. The van der Waals surface area contributed by atoms with Gasteiger partial charge in [-0.3, -0.25) is 13.9 Å². The van der Waals surface area contributed by atoms with Crippen LogP contribution in [-0.2, 0) is 26.2 Å². The van der Waals surface area contributed by atoms with Crippen LogP contribution < -0.4 is 14.4 Å². The number of benzene rings is 2. The Morgan fingerprint density at radius 2 is 1.76 bits per heavy atom. The van der Waals surface area contributed by atoms with Crippen molar-refractivity contribution in [1.29, 1.82) is 0 Å². The zero-order valence-electron chi connectivity index (χ0n) is 19.4. The van der Waals surface area contributed by atoms with Crippen molar-refractivity contribution in [3.63, 3.8) is 0 Å². The molecule has 2 aromatic rings. The molecule has 1 unspecified atom stereocenters. The first-order valence-corrected chi connectivity index (χ1v) is 12.6. The van der Waals surface area contributed by atoms with E-state index in [1.54, 1.807) is 49.4 Å². The number of methoxy groups -OCH3 is 1. The van der Waals surface area contributed by atoms with Crippen molar-refractivity contribution in [2.24, 2.45) is 0 Å². The lowest BCUT2D eigenvalue weighted by molar-refractivity contribution is -0.139. The van der Waals surface area contributed by atoms with Crippen LogP contribution in [-0.4, -0.2) is 57.1 Å². The summed E-state index contributed by atoms with van der Waals surface area (Å²) in [6.07, 6.45) is 1.00. The minimum Gasteiger partial charge on any atom is -0.497 e. The van der Waals surface area contributed by atoms with Crippen molar-refractivity contribution in [3.05, 3.63) is 59.1 Å². The summed E-state index contributed by atoms with van der Waals surface area (Å²) in [6, 6.07) is 12.5. The van der Waals surface area contributed by atoms with Gasteiger partial charge >= 0.3 is 0 Å². The van der Waals surface area contributed by atoms with E-state index >= 15 is 0 Å². The number of para-hydroxylation sites is 1. The Kier molecular flexibility index (Phi) is 9.13. The molecule has 2 rings (SSSR count). The Balaban J connectivity index is 2.42. The predicted molar refractivity (Wildman–Crippen MR) is 130 cm³/mol. The second-order valence-electron chi connectivity index (χ2n) is 7.93. The maximum atomic E-state index is 13.4. The third-order valence-electron chi connectivity index (χ3n) is 4.89. The summed E-state index contributed by atoms with van der Waals surface area (Å²) >= 11 is 6.21. The molecule has 1 atom stereocenters. The molecule has 1 N–H and O–H groups in total. The minimum absolute atomic E-state index is 0.0861. The quantitative estimate of drug-likeness (QED) is 0.546. The highest BCUT2D eigenvalue weighted by atomic mass is 35.5. The van der Waals surface area contributed by atoms with Gasteiger partial charge in [0.05, 0.1) is 24.1 Å². The summed E-state index contributed by atoms with van der Waals surface area (Å²) in [5.74, 6) is -0.285. The summed E-state index contributed by atoms with van der Waals surface area (Å²) in [5.41, 5.74) is 0.922. The Labute approximate surface area is 200 Å². The van der Waals surface area contributed by atoms with Gasteiger partial charge in [0, 0.05) is 12.6 Å². The van der Waals surface area contributed by atoms with E-state index < -0.39 is 28.5 Å². The SMILES string of the molecule is COc1cccc(CN(C(=O)CN(c2ccccc2Cl)S(C)(=O)=O)C(C)C(=O)NC(C)C)c1. The number of hydrogen-bond donors (Lipinski definition) is 1. The molecular formula is C23H30ClN3O5S. The van der Waals surface area contributed by atoms with Crippen molar-refractivity contribution >= 4 is 39.1 Å². The Morgan fingerprint density at radius 3 is 2.33 bits per heavy atom. The lowest BCUT2D eigenvalue weighted by Gasteiger charge is -2.32. The molecular weight excluding hydrogens is 466 g/mol. The summed E-state index contributed by atoms with van der Waals surface area (Å²) < 4.78 is 31.3. The highest BCUT2D eigenvalue weighted by Gasteiger charge is 2.31. The molecule has 2 amide bonds. The maximum Gasteiger partial charge on any atom is 0.244 e. The zero-order chi connectivity index (χ0) is 24.8. The van der Waals surface area contributed by atoms with Gasteiger partial charge in [0.1, 0.15) is 18.3 Å². The number of hydrogen-bond acceptors (Lipinski definition) is 5. The second-order valence-corrected chi connectivity index (χ2v) is 10.2. The van der Waals surface area contributed by atoms with Gasteiger partial charge in [-0.15, -0.1) is 0 Å². The Bertz CT molecular complexity index is 1090. The fraction of sp³-hybridized carbons (Fsp3) is 0.391. The Morgan fingerprint density at radius 1 is 1.09 bits per heavy atom. The predicted octanol–water partition coefficient (Wildman–Crippen LogP) is 3.06. The largest absolute Gasteiger partial charge is 0.497 e. The van der Waals surface area contributed by atoms with Crippen LogP contribution in [0.3, 0.4) is 0 Å². The number of nitrogens with one attached hydrogen (secondary N) is 1. The number of carbonyl (C=O) groups is 2. The standard InChI is InChI=1S/C23H30ClN3O5S/c1-16(2)25-23(29)17(3)26(14-18-9-8-10-19(13-18)32-4)22(28)15-27(33(5,30)31)21-12-7-6-11-20(21)24/h6-13,16-17H,14-15H2,1-5H3,(H,25,29). The normalized spacial score (nSPS) is 12.2. The highest BCUT2D eigenvalue weighted by Crippen LogP contribution is 2.27. The van der Waals surface area contributed by atoms with E-state index in [9.17, 15) is 18.0 Å². The third-order valence-corrected chi connectivity index (χ3v) is 6.33. The number of amides is 2. The van der Waals surface area contributed by atoms with Gasteiger partial charge in [0.25, 0.3) is 0 Å². The molecule has 2 aromatic carbocycles. The fourth-order valence-corrected chi connectivity index (χ4v) is 4.35. The smallest absolute Gasteiger partial charge is 0.244 e. The van der Waals surface area contributed by atoms with Crippen molar-refractivity contribution < 1.29 is 22.7 Å². The number of anilines is 1. The summed E-state index contributed by atoms with van der Waals surface area (Å²) in [7, 11) is -2.30. The van der Waals surface area contributed by atoms with Crippen LogP contribution >= 0.6 is 11.6 Å². The van der Waals surface area contributed by atoms with Gasteiger partial charge < -0.3 is 15.0 Å². The van der Waals surface area contributed by atoms with Gasteiger partial charge in [0.15, 0.2) is 0 Å². The summed E-state index contributed by atoms with van der Waals surface area (Å²) in [4.78, 5) is 27.5. The van der Waals surface area contributed by atoms with Gasteiger partial charge in [-0.25, -0.2) is 8.42 Å². The molecule has 180 valence electrons. The maximum absolute atomic E-state index is 13.4. The molecule has 0 fully saturated rings. The van der Waals surface area contributed by atoms with Gasteiger partial charge in [-0.1, -0.05) is 35.9 Å². The van der Waals surface area contributed by atoms with Crippen LogP contribution in [0.1, 0.15) is 26.3 Å². The lowest BCUT2D eigenvalue weighted by Crippen LogP contribution is -2.52. The van der Waals surface area contributed by atoms with Crippen LogP contribution in [0.4, 0.5) is 5.69 Å². The van der Waals surface area contributed by atoms with E-state index in [-0.39, 0.29) is 29.2 Å². The molecule has 0 saturated heterocycles. The van der Waals surface area contributed by atoms with Crippen LogP contribution in [0, 0.1) is 0 Å². The minimum atomic E-state index is -3.84. The molecule has 0 aromatic heterocycles. The number of nitrogens with zero attached hydrogens (tertiary/aromatic N) is 2. The van der Waals surface area contributed by atoms with E-state index in [0.717, 1.165) is 16.1 Å². The van der Waals surface area contributed by atoms with Crippen LogP contribution in [0.25, 0.3) is 0 Å². The van der Waals surface area contributed by atoms with Crippen molar-refractivity contribution in [2.45, 2.75) is 39.4 Å². The van der Waals surface area contributed by atoms with Crippen molar-refractivity contribution in [2.75, 3.05) is 24.2 Å². The van der Waals surface area contributed by atoms with E-state index in [0.29, 0.717) is 5.75 Å². The fourth-order valence-electron chi connectivity index (χ4n) is 3.20. The van der Waals surface area contributed by atoms with Gasteiger partial charge in [-0.2, -0.15) is 0 Å². The van der Waals surface area contributed by atoms with Gasteiger partial charge in [0.2, 0.25) is 21.8 Å². The third kappa shape index (κ3) is 7.36. The van der Waals surface area contributed by atoms with Crippen molar-refractivity contribution in [1.82, 2.24) is 10.2 Å². The molecule has 33 heavy (non-hydrogen) atoms. The Hall–Kier alpha value is -2.78. The zero-order valence-corrected chi connectivity index (χ0v) is 21.0. The van der Waals surface area contributed by atoms with E-state index in [1.807, 2.05) is 13.8 Å². The molecule has 8 nitrogen and oxygen atoms in total. The monoisotopic (exact) mass is 495 g/mol. The van der Waals surface area contributed by atoms with Crippen LogP contribution in [0.2, 0.25) is 5.02 Å². The summed E-state index contributed by atoms with van der Waals surface area (Å²) in [5, 5.41) is 3.00. The number of sulfonamides is 1.